The smallest absolute Gasteiger partial charge is 0.259 e. The number of hydrogen-bond donors (Lipinski definition) is 2. The lowest BCUT2D eigenvalue weighted by atomic mass is 9.79. The first kappa shape index (κ1) is 24.9. The molecule has 0 amide bonds. The Labute approximate surface area is 223 Å². The van der Waals surface area contributed by atoms with Crippen LogP contribution in [0.25, 0.3) is 10.8 Å². The first-order valence-corrected chi connectivity index (χ1v) is 13.7. The summed E-state index contributed by atoms with van der Waals surface area (Å²) in [5.74, 6) is -0.404. The number of fused-ring (bicyclic) bond motifs is 8. The minimum absolute atomic E-state index is 0.0739. The zero-order valence-electron chi connectivity index (χ0n) is 21.8. The Morgan fingerprint density at radius 1 is 1.21 bits per heavy atom. The SMILES string of the molecule is CCS[C@@]12Oc3c(c(C)cc4c(OC)c5c(c(O)c34)C(=O)CC[C@@H]5O)C3OC(C(OC)OC)(OC31)[C@]21CO1. The number of carbonyl (C=O) groups excluding carboxylic acids is 1. The number of phenols is 1. The highest BCUT2D eigenvalue weighted by molar-refractivity contribution is 8.00. The number of ether oxygens (including phenoxy) is 7. The summed E-state index contributed by atoms with van der Waals surface area (Å²) in [6, 6.07) is 1.87. The third-order valence-corrected chi connectivity index (χ3v) is 10.0. The van der Waals surface area contributed by atoms with E-state index in [2.05, 4.69) is 0 Å². The predicted molar refractivity (Wildman–Crippen MR) is 135 cm³/mol. The molecule has 1 aliphatic carbocycles. The average molecular weight is 547 g/mol. The zero-order chi connectivity index (χ0) is 26.8. The van der Waals surface area contributed by atoms with Gasteiger partial charge in [-0.1, -0.05) is 6.92 Å². The molecule has 0 radical (unpaired) electrons. The number of rotatable bonds is 6. The van der Waals surface area contributed by atoms with Crippen LogP contribution in [0.1, 0.15) is 59.0 Å². The van der Waals surface area contributed by atoms with Gasteiger partial charge in [0.2, 0.25) is 16.8 Å². The van der Waals surface area contributed by atoms with Crippen molar-refractivity contribution in [3.63, 3.8) is 0 Å². The molecule has 2 aromatic rings. The Balaban J connectivity index is 1.54. The number of thioether (sulfide) groups is 1. The molecular weight excluding hydrogens is 516 g/mol. The van der Waals surface area contributed by atoms with Gasteiger partial charge in [-0.05, 0) is 30.7 Å². The number of aliphatic hydroxyl groups excluding tert-OH is 1. The number of epoxide rings is 1. The molecule has 3 saturated heterocycles. The Hall–Kier alpha value is -2.12. The van der Waals surface area contributed by atoms with Crippen LogP contribution in [0.3, 0.4) is 0 Å². The van der Waals surface area contributed by atoms with Crippen LogP contribution in [0, 0.1) is 6.92 Å². The van der Waals surface area contributed by atoms with Crippen LogP contribution in [0.2, 0.25) is 0 Å². The molecule has 4 heterocycles. The van der Waals surface area contributed by atoms with E-state index in [0.717, 1.165) is 5.56 Å². The molecule has 2 aromatic carbocycles. The van der Waals surface area contributed by atoms with Crippen LogP contribution in [-0.2, 0) is 23.7 Å². The summed E-state index contributed by atoms with van der Waals surface area (Å²) in [6.07, 6.45) is -2.54. The number of methoxy groups -OCH3 is 3. The highest BCUT2D eigenvalue weighted by Gasteiger charge is 2.92. The molecule has 2 N–H and O–H groups in total. The molecule has 0 saturated carbocycles. The molecule has 2 bridgehead atoms. The fraction of sp³-hybridized carbons (Fsp3) is 0.593. The van der Waals surface area contributed by atoms with Gasteiger partial charge in [0.1, 0.15) is 29.5 Å². The lowest BCUT2D eigenvalue weighted by Crippen LogP contribution is -2.68. The number of aliphatic hydroxyl groups is 1. The summed E-state index contributed by atoms with van der Waals surface area (Å²) in [5, 5.41) is 23.4. The third-order valence-electron chi connectivity index (χ3n) is 8.67. The van der Waals surface area contributed by atoms with E-state index in [1.165, 1.54) is 21.3 Å². The second-order valence-corrected chi connectivity index (χ2v) is 11.8. The van der Waals surface area contributed by atoms with E-state index in [4.69, 9.17) is 33.2 Å². The predicted octanol–water partition coefficient (Wildman–Crippen LogP) is 3.27. The molecule has 6 atom stereocenters. The number of aryl methyl sites for hydroxylation is 1. The highest BCUT2D eigenvalue weighted by atomic mass is 32.2. The summed E-state index contributed by atoms with van der Waals surface area (Å²) in [4.78, 5) is 12.0. The minimum atomic E-state index is -1.36. The van der Waals surface area contributed by atoms with E-state index in [-0.39, 0.29) is 29.9 Å². The van der Waals surface area contributed by atoms with Gasteiger partial charge in [0.05, 0.1) is 30.8 Å². The molecule has 5 aliphatic rings. The molecule has 1 spiro atoms. The molecule has 7 rings (SSSR count). The maximum absolute atomic E-state index is 13.1. The number of ketones is 1. The lowest BCUT2D eigenvalue weighted by molar-refractivity contribution is -0.325. The molecule has 10 nitrogen and oxygen atoms in total. The minimum Gasteiger partial charge on any atom is -0.506 e. The summed E-state index contributed by atoms with van der Waals surface area (Å²) < 4.78 is 43.5. The Kier molecular flexibility index (Phi) is 5.22. The summed E-state index contributed by atoms with van der Waals surface area (Å²) in [6.45, 7) is 4.26. The van der Waals surface area contributed by atoms with Crippen molar-refractivity contribution < 1.29 is 48.2 Å². The van der Waals surface area contributed by atoms with Gasteiger partial charge < -0.3 is 43.4 Å². The molecule has 204 valence electrons. The zero-order valence-corrected chi connectivity index (χ0v) is 22.6. The average Bonchev–Trinajstić information content (AvgIpc) is 3.56. The van der Waals surface area contributed by atoms with E-state index in [0.29, 0.717) is 45.8 Å². The van der Waals surface area contributed by atoms with Gasteiger partial charge in [-0.3, -0.25) is 4.79 Å². The number of phenolic OH excluding ortho intramolecular Hbond substituents is 1. The van der Waals surface area contributed by atoms with E-state index >= 15 is 0 Å². The van der Waals surface area contributed by atoms with Crippen LogP contribution in [0.15, 0.2) is 6.07 Å². The summed E-state index contributed by atoms with van der Waals surface area (Å²) in [5.41, 5.74) is 0.897. The van der Waals surface area contributed by atoms with E-state index < -0.39 is 40.9 Å². The van der Waals surface area contributed by atoms with Crippen molar-refractivity contribution in [2.45, 2.75) is 67.6 Å². The van der Waals surface area contributed by atoms with Gasteiger partial charge in [-0.25, -0.2) is 0 Å². The standard InChI is InChI=1S/C27H30O10S/c1-6-38-27-23-22(35-26(37-23,24(32-4)33-5)25(27)10-34-25)15-11(2)9-12-16(21(15)36-27)19(30)17-13(28)7-8-14(29)18(17)20(12)31-3/h9,14,22-24,29-30H,6-8,10H2,1-5H3/t14-,22?,23?,25+,26?,27-/m0/s1. The molecule has 11 heteroatoms. The molecule has 38 heavy (non-hydrogen) atoms. The van der Waals surface area contributed by atoms with E-state index in [9.17, 15) is 15.0 Å². The molecule has 0 aromatic heterocycles. The number of carbonyl (C=O) groups is 1. The van der Waals surface area contributed by atoms with Gasteiger partial charge in [-0.15, -0.1) is 11.8 Å². The van der Waals surface area contributed by atoms with Crippen molar-refractivity contribution in [3.05, 3.63) is 28.3 Å². The van der Waals surface area contributed by atoms with Crippen LogP contribution < -0.4 is 9.47 Å². The van der Waals surface area contributed by atoms with Crippen molar-refractivity contribution in [2.24, 2.45) is 0 Å². The maximum atomic E-state index is 13.1. The Morgan fingerprint density at radius 3 is 2.58 bits per heavy atom. The first-order chi connectivity index (χ1) is 18.3. The highest BCUT2D eigenvalue weighted by Crippen LogP contribution is 2.74. The van der Waals surface area contributed by atoms with E-state index in [1.807, 2.05) is 19.9 Å². The van der Waals surface area contributed by atoms with Crippen molar-refractivity contribution in [2.75, 3.05) is 33.7 Å². The fourth-order valence-corrected chi connectivity index (χ4v) is 8.54. The maximum Gasteiger partial charge on any atom is 0.259 e. The number of benzene rings is 2. The number of Topliss-reactive ketones (excluding diaryl/α,β-unsaturated/α-hetero) is 1. The van der Waals surface area contributed by atoms with E-state index in [1.54, 1.807) is 11.8 Å². The van der Waals surface area contributed by atoms with Crippen molar-refractivity contribution in [3.8, 4) is 17.2 Å². The largest absolute Gasteiger partial charge is 0.506 e. The fourth-order valence-electron chi connectivity index (χ4n) is 7.14. The second kappa shape index (κ2) is 7.97. The third kappa shape index (κ3) is 2.59. The second-order valence-electron chi connectivity index (χ2n) is 10.4. The van der Waals surface area contributed by atoms with Crippen molar-refractivity contribution >= 4 is 28.3 Å². The van der Waals surface area contributed by atoms with Crippen LogP contribution in [0.4, 0.5) is 0 Å². The molecular formula is C27H30O10S. The lowest BCUT2D eigenvalue weighted by Gasteiger charge is -2.50. The molecule has 3 fully saturated rings. The van der Waals surface area contributed by atoms with Gasteiger partial charge in [-0.2, -0.15) is 0 Å². The Morgan fingerprint density at radius 2 is 1.95 bits per heavy atom. The van der Waals surface area contributed by atoms with Crippen LogP contribution in [-0.4, -0.2) is 78.4 Å². The number of aromatic hydroxyl groups is 1. The van der Waals surface area contributed by atoms with Crippen molar-refractivity contribution in [1.29, 1.82) is 0 Å². The Bertz CT molecular complexity index is 1380. The summed E-state index contributed by atoms with van der Waals surface area (Å²) in [7, 11) is 4.55. The topological polar surface area (TPSA) is 125 Å². The first-order valence-electron chi connectivity index (χ1n) is 12.7. The van der Waals surface area contributed by atoms with Gasteiger partial charge in [0.25, 0.3) is 5.79 Å². The van der Waals surface area contributed by atoms with Gasteiger partial charge >= 0.3 is 0 Å². The summed E-state index contributed by atoms with van der Waals surface area (Å²) >= 11 is 1.55. The van der Waals surface area contributed by atoms with Crippen molar-refractivity contribution in [1.82, 2.24) is 0 Å². The quantitative estimate of drug-likeness (QED) is 0.410. The molecule has 3 unspecified atom stereocenters. The number of hydrogen-bond acceptors (Lipinski definition) is 11. The van der Waals surface area contributed by atoms with Crippen LogP contribution >= 0.6 is 11.8 Å². The van der Waals surface area contributed by atoms with Gasteiger partial charge in [0.15, 0.2) is 5.78 Å². The molecule has 4 aliphatic heterocycles. The monoisotopic (exact) mass is 546 g/mol. The van der Waals surface area contributed by atoms with Gasteiger partial charge in [0, 0.05) is 37.2 Å². The normalized spacial score (nSPS) is 36.1. The van der Waals surface area contributed by atoms with Crippen LogP contribution in [0.5, 0.6) is 17.2 Å².